The number of rotatable bonds is 11. The molecule has 1 aliphatic heterocycles. The Morgan fingerprint density at radius 3 is 2.42 bits per heavy atom. The van der Waals surface area contributed by atoms with Gasteiger partial charge in [-0.15, -0.1) is 0 Å². The van der Waals surface area contributed by atoms with Gasteiger partial charge in [-0.2, -0.15) is 0 Å². The molecule has 3 rings (SSSR count). The third-order valence-corrected chi connectivity index (χ3v) is 6.97. The third-order valence-electron chi connectivity index (χ3n) is 5.29. The maximum absolute atomic E-state index is 13.2. The normalized spacial score (nSPS) is 15.2. The molecular weight excluding hydrogens is 516 g/mol. The number of amides is 1. The molecule has 2 aromatic carbocycles. The van der Waals surface area contributed by atoms with Crippen LogP contribution in [-0.2, 0) is 24.3 Å². The molecule has 0 saturated carbocycles. The summed E-state index contributed by atoms with van der Waals surface area (Å²) >= 11 is 6.14. The lowest BCUT2D eigenvalue weighted by Gasteiger charge is -2.16. The largest absolute Gasteiger partial charge is 0.495 e. The van der Waals surface area contributed by atoms with Crippen LogP contribution < -0.4 is 24.2 Å². The molecule has 0 radical (unpaired) electrons. The summed E-state index contributed by atoms with van der Waals surface area (Å²) in [7, 11) is -0.232. The lowest BCUT2D eigenvalue weighted by Crippen LogP contribution is -2.34. The minimum absolute atomic E-state index is 0.0214. The fraction of sp³-hybridized carbons (Fsp3) is 0.391. The van der Waals surface area contributed by atoms with Gasteiger partial charge in [-0.25, -0.2) is 13.2 Å². The van der Waals surface area contributed by atoms with E-state index < -0.39 is 28.5 Å². The third kappa shape index (κ3) is 6.71. The molecule has 2 aromatic rings. The summed E-state index contributed by atoms with van der Waals surface area (Å²) in [6.07, 6.45) is 1.74. The van der Waals surface area contributed by atoms with Crippen molar-refractivity contribution in [2.24, 2.45) is 0 Å². The maximum atomic E-state index is 13.2. The first-order valence-corrected chi connectivity index (χ1v) is 12.7. The molecule has 0 aliphatic carbocycles. The maximum Gasteiger partial charge on any atom is 0.338 e. The molecule has 196 valence electrons. The van der Waals surface area contributed by atoms with Crippen molar-refractivity contribution >= 4 is 39.2 Å². The van der Waals surface area contributed by atoms with Gasteiger partial charge in [0.05, 0.1) is 43.7 Å². The second-order valence-electron chi connectivity index (χ2n) is 7.67. The molecule has 1 amide bonds. The lowest BCUT2D eigenvalue weighted by molar-refractivity contribution is -0.124. The number of ether oxygens (including phenoxy) is 5. The van der Waals surface area contributed by atoms with E-state index in [0.29, 0.717) is 18.9 Å². The summed E-state index contributed by atoms with van der Waals surface area (Å²) in [6, 6.07) is 6.48. The van der Waals surface area contributed by atoms with Crippen LogP contribution in [0.15, 0.2) is 35.2 Å². The Kier molecular flexibility index (Phi) is 9.24. The molecule has 0 bridgehead atoms. The Hall–Kier alpha value is -3.22. The molecule has 13 heteroatoms. The summed E-state index contributed by atoms with van der Waals surface area (Å²) in [5.41, 5.74) is -0.0518. The van der Waals surface area contributed by atoms with E-state index in [9.17, 15) is 18.0 Å². The van der Waals surface area contributed by atoms with Gasteiger partial charge in [0.1, 0.15) is 22.1 Å². The minimum atomic E-state index is -4.29. The number of sulfonamides is 1. The Morgan fingerprint density at radius 2 is 1.78 bits per heavy atom. The number of hydrogen-bond acceptors (Lipinski definition) is 9. The second kappa shape index (κ2) is 12.2. The van der Waals surface area contributed by atoms with Crippen LogP contribution in [0.4, 0.5) is 5.69 Å². The van der Waals surface area contributed by atoms with Gasteiger partial charge in [0.15, 0.2) is 6.61 Å². The fourth-order valence-corrected chi connectivity index (χ4v) is 4.95. The van der Waals surface area contributed by atoms with E-state index in [1.54, 1.807) is 0 Å². The first kappa shape index (κ1) is 27.4. The molecule has 0 aromatic heterocycles. The molecule has 1 fully saturated rings. The van der Waals surface area contributed by atoms with E-state index in [0.717, 1.165) is 18.9 Å². The van der Waals surface area contributed by atoms with Gasteiger partial charge < -0.3 is 29.0 Å². The zero-order valence-electron chi connectivity index (χ0n) is 20.0. The van der Waals surface area contributed by atoms with Gasteiger partial charge in [0.2, 0.25) is 0 Å². The SMILES string of the molecule is COc1cc(OC)c(NS(=O)(=O)c2cc(C(=O)OCC(=O)NC[C@@H]3CCCO3)ccc2OC)cc1Cl. The van der Waals surface area contributed by atoms with Gasteiger partial charge in [-0.1, -0.05) is 11.6 Å². The highest BCUT2D eigenvalue weighted by Gasteiger charge is 2.25. The van der Waals surface area contributed by atoms with Gasteiger partial charge in [0, 0.05) is 19.2 Å². The van der Waals surface area contributed by atoms with Crippen molar-refractivity contribution in [2.45, 2.75) is 23.8 Å². The zero-order chi connectivity index (χ0) is 26.3. The molecule has 0 unspecified atom stereocenters. The Morgan fingerprint density at radius 1 is 1.06 bits per heavy atom. The highest BCUT2D eigenvalue weighted by Crippen LogP contribution is 2.37. The summed E-state index contributed by atoms with van der Waals surface area (Å²) in [6.45, 7) is 0.455. The number of nitrogens with one attached hydrogen (secondary N) is 2. The van der Waals surface area contributed by atoms with Gasteiger partial charge in [-0.3, -0.25) is 9.52 Å². The van der Waals surface area contributed by atoms with Crippen molar-refractivity contribution in [3.05, 3.63) is 40.9 Å². The zero-order valence-corrected chi connectivity index (χ0v) is 21.5. The Bertz CT molecular complexity index is 1210. The summed E-state index contributed by atoms with van der Waals surface area (Å²) < 4.78 is 54.8. The van der Waals surface area contributed by atoms with Crippen LogP contribution in [0.1, 0.15) is 23.2 Å². The first-order valence-electron chi connectivity index (χ1n) is 10.9. The van der Waals surface area contributed by atoms with Crippen molar-refractivity contribution in [3.63, 3.8) is 0 Å². The molecule has 1 aliphatic rings. The number of anilines is 1. The predicted octanol–water partition coefficient (Wildman–Crippen LogP) is 2.62. The van der Waals surface area contributed by atoms with E-state index in [2.05, 4.69) is 10.0 Å². The molecule has 1 heterocycles. The minimum Gasteiger partial charge on any atom is -0.495 e. The summed E-state index contributed by atoms with van der Waals surface area (Å²) in [4.78, 5) is 24.2. The monoisotopic (exact) mass is 542 g/mol. The van der Waals surface area contributed by atoms with E-state index >= 15 is 0 Å². The Balaban J connectivity index is 1.75. The van der Waals surface area contributed by atoms with Gasteiger partial charge >= 0.3 is 5.97 Å². The molecule has 11 nitrogen and oxygen atoms in total. The average Bonchev–Trinajstić information content (AvgIpc) is 3.39. The molecule has 1 saturated heterocycles. The van der Waals surface area contributed by atoms with Crippen molar-refractivity contribution in [1.29, 1.82) is 0 Å². The predicted molar refractivity (Wildman–Crippen MR) is 131 cm³/mol. The average molecular weight is 543 g/mol. The van der Waals surface area contributed by atoms with Crippen LogP contribution in [0.3, 0.4) is 0 Å². The van der Waals surface area contributed by atoms with Crippen LogP contribution in [0.5, 0.6) is 17.2 Å². The van der Waals surface area contributed by atoms with Gasteiger partial charge in [-0.05, 0) is 37.1 Å². The number of esters is 1. The lowest BCUT2D eigenvalue weighted by atomic mass is 10.2. The van der Waals surface area contributed by atoms with Crippen LogP contribution in [0.2, 0.25) is 5.02 Å². The summed E-state index contributed by atoms with van der Waals surface area (Å²) in [5, 5.41) is 2.79. The van der Waals surface area contributed by atoms with Crippen LogP contribution in [0, 0.1) is 0 Å². The van der Waals surface area contributed by atoms with Gasteiger partial charge in [0.25, 0.3) is 15.9 Å². The Labute approximate surface area is 214 Å². The topological polar surface area (TPSA) is 138 Å². The standard InChI is InChI=1S/C23H27ClN2O9S/c1-31-18-7-6-14(23(28)35-13-22(27)25-12-15-5-4-8-34-15)9-21(18)36(29,30)26-17-10-16(24)19(32-2)11-20(17)33-3/h6-7,9-11,15,26H,4-5,8,12-13H2,1-3H3,(H,25,27)/t15-/m0/s1. The fourth-order valence-electron chi connectivity index (χ4n) is 3.45. The van der Waals surface area contributed by atoms with E-state index in [1.165, 1.54) is 45.6 Å². The van der Waals surface area contributed by atoms with E-state index in [-0.39, 0.29) is 38.8 Å². The number of methoxy groups -OCH3 is 3. The number of hydrogen-bond donors (Lipinski definition) is 2. The first-order chi connectivity index (χ1) is 17.2. The number of carbonyl (C=O) groups is 2. The molecule has 2 N–H and O–H groups in total. The van der Waals surface area contributed by atoms with E-state index in [1.807, 2.05) is 0 Å². The van der Waals surface area contributed by atoms with Crippen molar-refractivity contribution in [2.75, 3.05) is 45.8 Å². The van der Waals surface area contributed by atoms with Crippen molar-refractivity contribution in [3.8, 4) is 17.2 Å². The number of benzene rings is 2. The highest BCUT2D eigenvalue weighted by molar-refractivity contribution is 7.92. The van der Waals surface area contributed by atoms with Crippen LogP contribution >= 0.6 is 11.6 Å². The summed E-state index contributed by atoms with van der Waals surface area (Å²) in [5.74, 6) is -0.953. The van der Waals surface area contributed by atoms with Crippen LogP contribution in [-0.4, -0.2) is 67.5 Å². The molecule has 1 atom stereocenters. The van der Waals surface area contributed by atoms with Crippen molar-refractivity contribution < 1.29 is 41.7 Å². The van der Waals surface area contributed by atoms with Crippen molar-refractivity contribution in [1.82, 2.24) is 5.32 Å². The number of halogens is 1. The number of carbonyl (C=O) groups excluding carboxylic acids is 2. The van der Waals surface area contributed by atoms with Crippen LogP contribution in [0.25, 0.3) is 0 Å². The van der Waals surface area contributed by atoms with E-state index in [4.69, 9.17) is 35.3 Å². The molecule has 0 spiro atoms. The molecule has 36 heavy (non-hydrogen) atoms. The quantitative estimate of drug-likeness (QED) is 0.410. The smallest absolute Gasteiger partial charge is 0.338 e. The molecular formula is C23H27ClN2O9S. The highest BCUT2D eigenvalue weighted by atomic mass is 35.5. The second-order valence-corrected chi connectivity index (χ2v) is 9.73.